The van der Waals surface area contributed by atoms with E-state index < -0.39 is 24.4 Å². The molecule has 180 valence electrons. The number of hydrogen-bond acceptors (Lipinski definition) is 6. The van der Waals surface area contributed by atoms with Crippen molar-refractivity contribution in [3.05, 3.63) is 23.8 Å². The third-order valence-electron chi connectivity index (χ3n) is 4.28. The zero-order valence-corrected chi connectivity index (χ0v) is 19.3. The molecule has 0 aliphatic heterocycles. The minimum absolute atomic E-state index is 0.115. The number of ether oxygens (including phenoxy) is 4. The fourth-order valence-electron chi connectivity index (χ4n) is 2.54. The van der Waals surface area contributed by atoms with Crippen LogP contribution in [0.1, 0.15) is 39.7 Å². The molecule has 1 aromatic carbocycles. The molecule has 1 aromatic rings. The highest BCUT2D eigenvalue weighted by molar-refractivity contribution is 5.89. The molecule has 10 nitrogen and oxygen atoms in total. The van der Waals surface area contributed by atoms with E-state index in [1.165, 1.54) is 6.07 Å². The van der Waals surface area contributed by atoms with Crippen LogP contribution in [0.2, 0.25) is 0 Å². The molecule has 0 bridgehead atoms. The second-order valence-corrected chi connectivity index (χ2v) is 7.75. The maximum Gasteiger partial charge on any atom is 0.454 e. The lowest BCUT2D eigenvalue weighted by Crippen LogP contribution is -2.28. The van der Waals surface area contributed by atoms with Crippen LogP contribution in [0.4, 0.5) is 21.0 Å². The minimum Gasteiger partial charge on any atom is -0.444 e. The van der Waals surface area contributed by atoms with E-state index >= 15 is 0 Å². The van der Waals surface area contributed by atoms with Crippen LogP contribution in [0.3, 0.4) is 0 Å². The molecule has 10 heteroatoms. The van der Waals surface area contributed by atoms with Gasteiger partial charge in [-0.3, -0.25) is 10.6 Å². The van der Waals surface area contributed by atoms with Crippen molar-refractivity contribution in [2.24, 2.45) is 0 Å². The van der Waals surface area contributed by atoms with Crippen molar-refractivity contribution in [1.82, 2.24) is 0 Å². The standard InChI is InChI=1S/C22H34N2O8/c1-14-6-7-19(23-21(26)27)10-20(14)24-22(28)32-18(5)13-31-17(4)12-29-11-16(3)30-9-8-15(2)25/h6-7,10,15-18,23H,8-9,11-13H2,1-5H3,(H,24,28). The third kappa shape index (κ3) is 12.5. The average Bonchev–Trinajstić information content (AvgIpc) is 2.68. The molecule has 0 saturated heterocycles. The summed E-state index contributed by atoms with van der Waals surface area (Å²) in [5.41, 5.74) is 1.43. The highest BCUT2D eigenvalue weighted by atomic mass is 16.6. The Hall–Kier alpha value is -2.40. The van der Waals surface area contributed by atoms with Gasteiger partial charge in [-0.05, 0) is 58.7 Å². The Kier molecular flexibility index (Phi) is 12.6. The first kappa shape index (κ1) is 27.6. The average molecular weight is 455 g/mol. The molecule has 1 rings (SSSR count). The van der Waals surface area contributed by atoms with Gasteiger partial charge in [0.2, 0.25) is 0 Å². The van der Waals surface area contributed by atoms with Gasteiger partial charge in [0.25, 0.3) is 0 Å². The van der Waals surface area contributed by atoms with Crippen LogP contribution in [0.25, 0.3) is 0 Å². The largest absolute Gasteiger partial charge is 0.454 e. The van der Waals surface area contributed by atoms with E-state index in [4.69, 9.17) is 18.9 Å². The lowest BCUT2D eigenvalue weighted by molar-refractivity contribution is -0.0646. The number of benzene rings is 1. The van der Waals surface area contributed by atoms with E-state index in [-0.39, 0.29) is 24.5 Å². The number of anilines is 2. The van der Waals surface area contributed by atoms with E-state index in [2.05, 4.69) is 10.6 Å². The van der Waals surface area contributed by atoms with E-state index in [0.29, 0.717) is 31.9 Å². The Balaban J connectivity index is 2.29. The highest BCUT2D eigenvalue weighted by Gasteiger charge is 2.14. The van der Waals surface area contributed by atoms with Crippen LogP contribution in [0.15, 0.2) is 18.2 Å². The van der Waals surface area contributed by atoms with Gasteiger partial charge in [-0.15, -0.1) is 0 Å². The number of carbonyl (C=O) groups is 2. The first-order valence-corrected chi connectivity index (χ1v) is 10.6. The van der Waals surface area contributed by atoms with E-state index in [9.17, 15) is 19.8 Å². The first-order chi connectivity index (χ1) is 15.1. The summed E-state index contributed by atoms with van der Waals surface area (Å²) in [5, 5.41) is 26.3. The van der Waals surface area contributed by atoms with Gasteiger partial charge in [0.05, 0.1) is 38.1 Å². The molecular weight excluding hydrogens is 420 g/mol. The topological polar surface area (TPSA) is 135 Å². The van der Waals surface area contributed by atoms with E-state index in [1.807, 2.05) is 13.8 Å². The van der Waals surface area contributed by atoms with Crippen LogP contribution in [-0.4, -0.2) is 63.0 Å². The minimum atomic E-state index is -1.44. The van der Waals surface area contributed by atoms with Crippen molar-refractivity contribution in [3.63, 3.8) is 0 Å². The van der Waals surface area contributed by atoms with Crippen LogP contribution in [0.5, 0.6) is 0 Å². The second kappa shape index (κ2) is 14.6. The van der Waals surface area contributed by atoms with Gasteiger partial charge < -0.3 is 18.9 Å². The van der Waals surface area contributed by atoms with E-state index in [1.54, 1.807) is 32.9 Å². The summed E-state index contributed by atoms with van der Waals surface area (Å²) in [4.78, 5) is 22.8. The summed E-state index contributed by atoms with van der Waals surface area (Å²) >= 11 is 0. The molecule has 0 spiro atoms. The summed E-state index contributed by atoms with van der Waals surface area (Å²) in [6.07, 6.45) is -3.14. The summed E-state index contributed by atoms with van der Waals surface area (Å²) in [5.74, 6) is 0. The Labute approximate surface area is 189 Å². The molecule has 4 unspecified atom stereocenters. The van der Waals surface area contributed by atoms with Crippen LogP contribution < -0.4 is 10.6 Å². The quantitative estimate of drug-likeness (QED) is 0.437. The lowest BCUT2D eigenvalue weighted by Gasteiger charge is -2.19. The zero-order chi connectivity index (χ0) is 24.1. The summed E-state index contributed by atoms with van der Waals surface area (Å²) < 4.78 is 22.0. The molecule has 4 atom stereocenters. The number of rotatable bonds is 14. The molecule has 0 heterocycles. The molecular formula is C22H34N2O8. The van der Waals surface area contributed by atoms with Gasteiger partial charge in [0.1, 0.15) is 6.10 Å². The predicted molar refractivity (Wildman–Crippen MR) is 117 cm³/mol. The Morgan fingerprint density at radius 3 is 2.22 bits per heavy atom. The second-order valence-electron chi connectivity index (χ2n) is 7.75. The van der Waals surface area contributed by atoms with Crippen molar-refractivity contribution < 1.29 is 38.7 Å². The van der Waals surface area contributed by atoms with Crippen molar-refractivity contribution >= 4 is 23.6 Å². The maximum absolute atomic E-state index is 12.1. The summed E-state index contributed by atoms with van der Waals surface area (Å²) in [6, 6.07) is 4.69. The lowest BCUT2D eigenvalue weighted by atomic mass is 10.2. The number of hydrogen-bond donors (Lipinski definition) is 2. The Morgan fingerprint density at radius 2 is 1.59 bits per heavy atom. The SMILES string of the molecule is Cc1ccc(NC([O])=O)cc1NC(=O)OC(C)COC(C)COCC(C)OCCC(C)[O]. The van der Waals surface area contributed by atoms with Crippen molar-refractivity contribution in [2.45, 2.75) is 65.5 Å². The summed E-state index contributed by atoms with van der Waals surface area (Å²) in [6.45, 7) is 10.1. The zero-order valence-electron chi connectivity index (χ0n) is 19.3. The molecule has 0 saturated carbocycles. The number of aryl methyl sites for hydroxylation is 1. The monoisotopic (exact) mass is 454 g/mol. The Bertz CT molecular complexity index is 713. The molecule has 2 radical (unpaired) electrons. The fraction of sp³-hybridized carbons (Fsp3) is 0.636. The smallest absolute Gasteiger partial charge is 0.444 e. The van der Waals surface area contributed by atoms with Gasteiger partial charge in [-0.25, -0.2) is 19.8 Å². The Morgan fingerprint density at radius 1 is 0.938 bits per heavy atom. The van der Waals surface area contributed by atoms with Gasteiger partial charge in [-0.2, -0.15) is 0 Å². The van der Waals surface area contributed by atoms with Crippen LogP contribution >= 0.6 is 0 Å². The number of carbonyl (C=O) groups excluding carboxylic acids is 2. The van der Waals surface area contributed by atoms with Crippen molar-refractivity contribution in [1.29, 1.82) is 0 Å². The number of amides is 2. The molecule has 0 aliphatic rings. The molecule has 0 aliphatic carbocycles. The molecule has 0 aromatic heterocycles. The predicted octanol–water partition coefficient (Wildman–Crippen LogP) is 3.93. The first-order valence-electron chi connectivity index (χ1n) is 10.6. The molecule has 32 heavy (non-hydrogen) atoms. The van der Waals surface area contributed by atoms with Crippen molar-refractivity contribution in [2.75, 3.05) is 37.1 Å². The van der Waals surface area contributed by atoms with Crippen LogP contribution in [-0.2, 0) is 29.2 Å². The van der Waals surface area contributed by atoms with Crippen LogP contribution in [0, 0.1) is 6.92 Å². The molecule has 0 fully saturated rings. The van der Waals surface area contributed by atoms with Gasteiger partial charge >= 0.3 is 12.2 Å². The van der Waals surface area contributed by atoms with Crippen molar-refractivity contribution in [3.8, 4) is 0 Å². The highest BCUT2D eigenvalue weighted by Crippen LogP contribution is 2.20. The third-order valence-corrected chi connectivity index (χ3v) is 4.28. The maximum atomic E-state index is 12.1. The molecule has 2 amide bonds. The van der Waals surface area contributed by atoms with Gasteiger partial charge in [0.15, 0.2) is 0 Å². The van der Waals surface area contributed by atoms with Gasteiger partial charge in [0, 0.05) is 18.0 Å². The molecule has 2 N–H and O–H groups in total. The number of nitrogens with one attached hydrogen (secondary N) is 2. The van der Waals surface area contributed by atoms with E-state index in [0.717, 1.165) is 5.56 Å². The van der Waals surface area contributed by atoms with Gasteiger partial charge in [-0.1, -0.05) is 6.07 Å². The summed E-state index contributed by atoms with van der Waals surface area (Å²) in [7, 11) is 0. The normalized spacial score (nSPS) is 14.8. The fourth-order valence-corrected chi connectivity index (χ4v) is 2.54.